The molecule has 0 spiro atoms. The molecule has 12 nitrogen and oxygen atoms in total. The number of carbonyl (C=O) groups excluding carboxylic acids is 4. The highest BCUT2D eigenvalue weighted by atomic mass is 16.6. The average Bonchev–Trinajstić information content (AvgIpc) is 3.60. The molecule has 0 saturated carbocycles. The SMILES string of the molecule is CC(C)(C)OC(=O)N1CCC[C@H]1C(=O)NC1CCN(C(=O)Nc2nccnc2C(=O)NC2Cc3ccccc3C2)CC1. The molecule has 1 aliphatic carbocycles. The van der Waals surface area contributed by atoms with E-state index in [0.717, 1.165) is 19.3 Å². The van der Waals surface area contributed by atoms with Crippen molar-refractivity contribution in [3.8, 4) is 0 Å². The Morgan fingerprint density at radius 1 is 0.881 bits per heavy atom. The fourth-order valence-electron chi connectivity index (χ4n) is 5.79. The molecule has 0 unspecified atom stereocenters. The normalized spacial score (nSPS) is 19.3. The smallest absolute Gasteiger partial charge is 0.410 e. The molecule has 3 aliphatic rings. The summed E-state index contributed by atoms with van der Waals surface area (Å²) in [6.45, 7) is 6.72. The highest BCUT2D eigenvalue weighted by Crippen LogP contribution is 2.24. The third-order valence-electron chi connectivity index (χ3n) is 7.84. The zero-order valence-electron chi connectivity index (χ0n) is 24.4. The van der Waals surface area contributed by atoms with Crippen LogP contribution in [-0.4, -0.2) is 87.1 Å². The van der Waals surface area contributed by atoms with Gasteiger partial charge in [-0.05, 0) is 70.4 Å². The molecular formula is C30H39N7O5. The van der Waals surface area contributed by atoms with Gasteiger partial charge in [0.25, 0.3) is 5.91 Å². The Labute approximate surface area is 245 Å². The van der Waals surface area contributed by atoms with Gasteiger partial charge in [0.15, 0.2) is 11.5 Å². The topological polar surface area (TPSA) is 146 Å². The Bertz CT molecular complexity index is 1310. The molecule has 2 fully saturated rings. The van der Waals surface area contributed by atoms with E-state index >= 15 is 0 Å². The van der Waals surface area contributed by atoms with Crippen LogP contribution in [-0.2, 0) is 22.4 Å². The van der Waals surface area contributed by atoms with E-state index in [2.05, 4.69) is 38.1 Å². The highest BCUT2D eigenvalue weighted by molar-refractivity contribution is 6.00. The van der Waals surface area contributed by atoms with Crippen molar-refractivity contribution < 1.29 is 23.9 Å². The van der Waals surface area contributed by atoms with E-state index in [1.807, 2.05) is 12.1 Å². The first-order valence-corrected chi connectivity index (χ1v) is 14.6. The molecule has 3 heterocycles. The number of urea groups is 1. The Balaban J connectivity index is 1.11. The van der Waals surface area contributed by atoms with Gasteiger partial charge in [-0.3, -0.25) is 19.8 Å². The molecule has 42 heavy (non-hydrogen) atoms. The van der Waals surface area contributed by atoms with Gasteiger partial charge in [-0.1, -0.05) is 24.3 Å². The summed E-state index contributed by atoms with van der Waals surface area (Å²) in [5, 5.41) is 8.83. The van der Waals surface area contributed by atoms with Gasteiger partial charge in [-0.25, -0.2) is 19.6 Å². The van der Waals surface area contributed by atoms with E-state index in [1.165, 1.54) is 28.4 Å². The van der Waals surface area contributed by atoms with Crippen LogP contribution in [0.25, 0.3) is 0 Å². The van der Waals surface area contributed by atoms with Gasteiger partial charge in [-0.15, -0.1) is 0 Å². The fraction of sp³-hybridized carbons (Fsp3) is 0.533. The molecule has 0 radical (unpaired) electrons. The summed E-state index contributed by atoms with van der Waals surface area (Å²) in [6, 6.07) is 7.02. The number of ether oxygens (including phenoxy) is 1. The van der Waals surface area contributed by atoms with E-state index in [0.29, 0.717) is 38.9 Å². The van der Waals surface area contributed by atoms with Crippen molar-refractivity contribution in [2.45, 2.75) is 83.0 Å². The number of benzene rings is 1. The lowest BCUT2D eigenvalue weighted by Gasteiger charge is -2.34. The van der Waals surface area contributed by atoms with Crippen LogP contribution in [0, 0.1) is 0 Å². The number of hydrogen-bond donors (Lipinski definition) is 3. The van der Waals surface area contributed by atoms with Crippen molar-refractivity contribution in [2.75, 3.05) is 25.0 Å². The van der Waals surface area contributed by atoms with Crippen LogP contribution in [0.5, 0.6) is 0 Å². The van der Waals surface area contributed by atoms with Crippen LogP contribution in [0.4, 0.5) is 15.4 Å². The van der Waals surface area contributed by atoms with Crippen LogP contribution >= 0.6 is 0 Å². The summed E-state index contributed by atoms with van der Waals surface area (Å²) < 4.78 is 5.47. The monoisotopic (exact) mass is 577 g/mol. The van der Waals surface area contributed by atoms with E-state index < -0.39 is 17.7 Å². The molecule has 1 aromatic carbocycles. The van der Waals surface area contributed by atoms with Crippen LogP contribution in [0.15, 0.2) is 36.7 Å². The molecule has 224 valence electrons. The summed E-state index contributed by atoms with van der Waals surface area (Å²) >= 11 is 0. The van der Waals surface area contributed by atoms with Gasteiger partial charge in [0.05, 0.1) is 0 Å². The lowest BCUT2D eigenvalue weighted by Crippen LogP contribution is -2.53. The van der Waals surface area contributed by atoms with Gasteiger partial charge in [0, 0.05) is 44.1 Å². The zero-order valence-corrected chi connectivity index (χ0v) is 24.4. The summed E-state index contributed by atoms with van der Waals surface area (Å²) in [5.74, 6) is -0.471. The third kappa shape index (κ3) is 6.97. The maximum Gasteiger partial charge on any atom is 0.410 e. The molecule has 12 heteroatoms. The Hall–Kier alpha value is -4.22. The van der Waals surface area contributed by atoms with Gasteiger partial charge < -0.3 is 20.3 Å². The van der Waals surface area contributed by atoms with Crippen molar-refractivity contribution in [1.29, 1.82) is 0 Å². The van der Waals surface area contributed by atoms with Gasteiger partial charge in [0.2, 0.25) is 5.91 Å². The van der Waals surface area contributed by atoms with Crippen LogP contribution in [0.3, 0.4) is 0 Å². The van der Waals surface area contributed by atoms with Crippen LogP contribution < -0.4 is 16.0 Å². The second-order valence-electron chi connectivity index (χ2n) is 12.1. The van der Waals surface area contributed by atoms with Crippen LogP contribution in [0.1, 0.15) is 68.1 Å². The Morgan fingerprint density at radius 3 is 2.21 bits per heavy atom. The average molecular weight is 578 g/mol. The number of amides is 5. The summed E-state index contributed by atoms with van der Waals surface area (Å²) in [5.41, 5.74) is 1.87. The van der Waals surface area contributed by atoms with E-state index in [-0.39, 0.29) is 41.4 Å². The molecule has 0 bridgehead atoms. The first-order chi connectivity index (χ1) is 20.1. The fourth-order valence-corrected chi connectivity index (χ4v) is 5.79. The first kappa shape index (κ1) is 29.3. The number of aromatic nitrogens is 2. The molecule has 3 N–H and O–H groups in total. The highest BCUT2D eigenvalue weighted by Gasteiger charge is 2.38. The summed E-state index contributed by atoms with van der Waals surface area (Å²) in [7, 11) is 0. The van der Waals surface area contributed by atoms with E-state index in [1.54, 1.807) is 25.7 Å². The second-order valence-corrected chi connectivity index (χ2v) is 12.1. The number of anilines is 1. The quantitative estimate of drug-likeness (QED) is 0.495. The number of rotatable bonds is 5. The Morgan fingerprint density at radius 2 is 1.55 bits per heavy atom. The molecule has 2 saturated heterocycles. The predicted molar refractivity (Wildman–Crippen MR) is 155 cm³/mol. The standard InChI is InChI=1S/C30H39N7O5/c1-30(2,3)42-29(41)37-14-6-9-23(37)26(38)33-21-10-15-36(16-11-21)28(40)35-25-24(31-12-13-32-25)27(39)34-22-17-19-7-4-5-8-20(19)18-22/h4-5,7-8,12-13,21-23H,6,9-11,14-18H2,1-3H3,(H,33,38)(H,34,39)(H,32,35,40)/t23-/m0/s1. The molecule has 2 aliphatic heterocycles. The zero-order chi connectivity index (χ0) is 29.9. The number of piperidine rings is 1. The largest absolute Gasteiger partial charge is 0.444 e. The number of nitrogens with one attached hydrogen (secondary N) is 3. The number of likely N-dealkylation sites (tertiary alicyclic amines) is 2. The molecule has 2 aromatic rings. The number of hydrogen-bond acceptors (Lipinski definition) is 7. The second kappa shape index (κ2) is 12.3. The molecule has 5 rings (SSSR count). The lowest BCUT2D eigenvalue weighted by atomic mass is 10.0. The maximum absolute atomic E-state index is 13.1. The maximum atomic E-state index is 13.1. The van der Waals surface area contributed by atoms with Crippen molar-refractivity contribution in [3.05, 3.63) is 53.5 Å². The third-order valence-corrected chi connectivity index (χ3v) is 7.84. The summed E-state index contributed by atoms with van der Waals surface area (Å²) in [4.78, 5) is 63.3. The van der Waals surface area contributed by atoms with Crippen molar-refractivity contribution >= 4 is 29.8 Å². The minimum Gasteiger partial charge on any atom is -0.444 e. The Kier molecular flexibility index (Phi) is 8.60. The van der Waals surface area contributed by atoms with Crippen LogP contribution in [0.2, 0.25) is 0 Å². The first-order valence-electron chi connectivity index (χ1n) is 14.6. The number of fused-ring (bicyclic) bond motifs is 1. The molecule has 5 amide bonds. The van der Waals surface area contributed by atoms with E-state index in [9.17, 15) is 19.2 Å². The number of nitrogens with zero attached hydrogens (tertiary/aromatic N) is 4. The predicted octanol–water partition coefficient (Wildman–Crippen LogP) is 2.89. The van der Waals surface area contributed by atoms with Crippen molar-refractivity contribution in [1.82, 2.24) is 30.4 Å². The minimum atomic E-state index is -0.632. The molecular weight excluding hydrogens is 538 g/mol. The van der Waals surface area contributed by atoms with Gasteiger partial charge in [-0.2, -0.15) is 0 Å². The van der Waals surface area contributed by atoms with Gasteiger partial charge in [0.1, 0.15) is 11.6 Å². The molecule has 1 atom stereocenters. The molecule has 1 aromatic heterocycles. The van der Waals surface area contributed by atoms with Crippen molar-refractivity contribution in [2.24, 2.45) is 0 Å². The van der Waals surface area contributed by atoms with E-state index in [4.69, 9.17) is 4.74 Å². The minimum absolute atomic E-state index is 0.0462. The number of carbonyl (C=O) groups is 4. The van der Waals surface area contributed by atoms with Gasteiger partial charge >= 0.3 is 12.1 Å². The lowest BCUT2D eigenvalue weighted by molar-refractivity contribution is -0.126. The summed E-state index contributed by atoms with van der Waals surface area (Å²) in [6.07, 6.45) is 6.34. The van der Waals surface area contributed by atoms with Crippen molar-refractivity contribution in [3.63, 3.8) is 0 Å².